The minimum atomic E-state index is -1.08. The van der Waals surface area contributed by atoms with Crippen molar-refractivity contribution in [1.82, 2.24) is 0 Å². The Morgan fingerprint density at radius 1 is 0.968 bits per heavy atom. The van der Waals surface area contributed by atoms with Gasteiger partial charge in [-0.1, -0.05) is 35.9 Å². The van der Waals surface area contributed by atoms with E-state index in [1.165, 1.54) is 19.3 Å². The number of fused-ring (bicyclic) bond motifs is 1. The zero-order valence-corrected chi connectivity index (χ0v) is 18.1. The Morgan fingerprint density at radius 2 is 1.71 bits per heavy atom. The van der Waals surface area contributed by atoms with Gasteiger partial charge in [-0.25, -0.2) is 0 Å². The van der Waals surface area contributed by atoms with Gasteiger partial charge in [-0.3, -0.25) is 0 Å². The van der Waals surface area contributed by atoms with Crippen LogP contribution in [0.1, 0.15) is 48.5 Å². The van der Waals surface area contributed by atoms with Crippen LogP contribution >= 0.6 is 11.6 Å². The van der Waals surface area contributed by atoms with Crippen molar-refractivity contribution in [3.8, 4) is 5.75 Å². The monoisotopic (exact) mass is 444 g/mol. The normalized spacial score (nSPS) is 34.4. The van der Waals surface area contributed by atoms with Gasteiger partial charge in [0.25, 0.3) is 0 Å². The van der Waals surface area contributed by atoms with Crippen molar-refractivity contribution >= 4 is 11.6 Å². The highest BCUT2D eigenvalue weighted by atomic mass is 35.5. The molecule has 3 fully saturated rings. The van der Waals surface area contributed by atoms with Crippen molar-refractivity contribution in [2.24, 2.45) is 11.8 Å². The molecule has 2 aromatic carbocycles. The largest absolute Gasteiger partial charge is 0.490 e. The molecule has 0 spiro atoms. The summed E-state index contributed by atoms with van der Waals surface area (Å²) in [4.78, 5) is 0. The lowest BCUT2D eigenvalue weighted by molar-refractivity contribution is -0.181. The fourth-order valence-electron chi connectivity index (χ4n) is 5.10. The van der Waals surface area contributed by atoms with Gasteiger partial charge in [0.05, 0.1) is 24.9 Å². The van der Waals surface area contributed by atoms with Gasteiger partial charge in [0.1, 0.15) is 18.0 Å². The summed E-state index contributed by atoms with van der Waals surface area (Å²) in [6.45, 7) is -0.342. The van der Waals surface area contributed by atoms with Gasteiger partial charge in [0.2, 0.25) is 0 Å². The highest BCUT2D eigenvalue weighted by Crippen LogP contribution is 2.52. The van der Waals surface area contributed by atoms with Crippen LogP contribution in [0.3, 0.4) is 0 Å². The number of hydrogen-bond donors (Lipinski definition) is 3. The van der Waals surface area contributed by atoms with E-state index in [0.717, 1.165) is 34.3 Å². The quantitative estimate of drug-likeness (QED) is 0.633. The molecule has 5 nitrogen and oxygen atoms in total. The van der Waals surface area contributed by atoms with E-state index in [1.54, 1.807) is 0 Å². The molecular weight excluding hydrogens is 416 g/mol. The third-order valence-corrected chi connectivity index (χ3v) is 7.38. The molecule has 3 aliphatic rings. The van der Waals surface area contributed by atoms with Gasteiger partial charge in [-0.2, -0.15) is 0 Å². The van der Waals surface area contributed by atoms with E-state index in [9.17, 15) is 15.3 Å². The second-order valence-corrected chi connectivity index (χ2v) is 9.69. The lowest BCUT2D eigenvalue weighted by Gasteiger charge is -2.36. The molecule has 166 valence electrons. The van der Waals surface area contributed by atoms with Crippen LogP contribution in [0, 0.1) is 11.8 Å². The molecule has 31 heavy (non-hydrogen) atoms. The topological polar surface area (TPSA) is 79.2 Å². The van der Waals surface area contributed by atoms with Crippen LogP contribution in [0.25, 0.3) is 0 Å². The van der Waals surface area contributed by atoms with Crippen molar-refractivity contribution < 1.29 is 24.8 Å². The Hall–Kier alpha value is -1.63. The number of halogens is 1. The van der Waals surface area contributed by atoms with Crippen molar-refractivity contribution in [2.75, 3.05) is 6.61 Å². The average molecular weight is 445 g/mol. The van der Waals surface area contributed by atoms with Crippen molar-refractivity contribution in [3.63, 3.8) is 0 Å². The third-order valence-electron chi connectivity index (χ3n) is 7.01. The molecule has 6 heteroatoms. The highest BCUT2D eigenvalue weighted by Gasteiger charge is 2.46. The Labute approximate surface area is 187 Å². The summed E-state index contributed by atoms with van der Waals surface area (Å²) in [6, 6.07) is 13.9. The Balaban J connectivity index is 1.26. The molecule has 2 aromatic rings. The van der Waals surface area contributed by atoms with Crippen LogP contribution in [0.2, 0.25) is 5.02 Å². The zero-order valence-electron chi connectivity index (χ0n) is 17.4. The van der Waals surface area contributed by atoms with Crippen LogP contribution in [-0.2, 0) is 11.2 Å². The molecule has 2 aliphatic carbocycles. The molecule has 3 N–H and O–H groups in total. The fraction of sp³-hybridized carbons (Fsp3) is 0.520. The number of rotatable bonds is 6. The van der Waals surface area contributed by atoms with E-state index >= 15 is 0 Å². The van der Waals surface area contributed by atoms with Crippen LogP contribution in [0.4, 0.5) is 0 Å². The number of aliphatic hydroxyl groups is 3. The van der Waals surface area contributed by atoms with Crippen LogP contribution < -0.4 is 4.74 Å². The van der Waals surface area contributed by atoms with Gasteiger partial charge in [-0.15, -0.1) is 0 Å². The van der Waals surface area contributed by atoms with Crippen LogP contribution in [0.15, 0.2) is 42.5 Å². The van der Waals surface area contributed by atoms with Crippen LogP contribution in [0.5, 0.6) is 5.75 Å². The molecule has 0 bridgehead atoms. The minimum Gasteiger partial charge on any atom is -0.490 e. The summed E-state index contributed by atoms with van der Waals surface area (Å²) in [5.41, 5.74) is 2.98. The molecule has 1 heterocycles. The van der Waals surface area contributed by atoms with Crippen molar-refractivity contribution in [1.29, 1.82) is 0 Å². The summed E-state index contributed by atoms with van der Waals surface area (Å²) in [7, 11) is 0. The van der Waals surface area contributed by atoms with E-state index in [4.69, 9.17) is 21.1 Å². The predicted octanol–water partition coefficient (Wildman–Crippen LogP) is 3.65. The molecule has 0 aromatic heterocycles. The lowest BCUT2D eigenvalue weighted by atomic mass is 9.92. The molecule has 2 saturated carbocycles. The summed E-state index contributed by atoms with van der Waals surface area (Å²) >= 11 is 6.46. The fourth-order valence-corrected chi connectivity index (χ4v) is 5.29. The minimum absolute atomic E-state index is 0.271. The first kappa shape index (κ1) is 21.2. The summed E-state index contributed by atoms with van der Waals surface area (Å²) < 4.78 is 12.0. The third kappa shape index (κ3) is 4.62. The van der Waals surface area contributed by atoms with Gasteiger partial charge in [0.15, 0.2) is 0 Å². The SMILES string of the molecule is OC[C@H]1O[C@H](c2ccc(Cl)c(Cc3ccc(OC4CC5CC5C4)cc3)c2)C[C@@H](O)[C@@H]1O. The first-order chi connectivity index (χ1) is 15.0. The second kappa shape index (κ2) is 8.72. The smallest absolute Gasteiger partial charge is 0.119 e. The van der Waals surface area contributed by atoms with Crippen LogP contribution in [-0.4, -0.2) is 46.3 Å². The molecule has 1 aliphatic heterocycles. The van der Waals surface area contributed by atoms with E-state index in [-0.39, 0.29) is 13.0 Å². The first-order valence-electron chi connectivity index (χ1n) is 11.2. The van der Waals surface area contributed by atoms with Gasteiger partial charge < -0.3 is 24.8 Å². The summed E-state index contributed by atoms with van der Waals surface area (Å²) in [5.74, 6) is 2.74. The molecule has 6 atom stereocenters. The maximum atomic E-state index is 10.1. The van der Waals surface area contributed by atoms with E-state index < -0.39 is 24.4 Å². The average Bonchev–Trinajstić information content (AvgIpc) is 3.38. The number of aliphatic hydroxyl groups excluding tert-OH is 3. The standard InChI is InChI=1S/C25H29ClO5/c26-21-6-3-15(23-12-22(28)25(29)24(13-27)31-23)8-18(21)7-14-1-4-19(5-2-14)30-20-10-16-9-17(16)11-20/h1-6,8,16-17,20,22-25,27-29H,7,9-13H2/t16?,17?,20?,22-,23+,24-,25+/m1/s1. The number of ether oxygens (including phenoxy) is 2. The maximum Gasteiger partial charge on any atom is 0.119 e. The highest BCUT2D eigenvalue weighted by molar-refractivity contribution is 6.31. The summed E-state index contributed by atoms with van der Waals surface area (Å²) in [5, 5.41) is 30.2. The van der Waals surface area contributed by atoms with Gasteiger partial charge in [0, 0.05) is 11.4 Å². The maximum absolute atomic E-state index is 10.1. The molecule has 0 amide bonds. The lowest BCUT2D eigenvalue weighted by Crippen LogP contribution is -2.47. The van der Waals surface area contributed by atoms with Crippen molar-refractivity contribution in [2.45, 2.75) is 62.6 Å². The molecular formula is C25H29ClO5. The Bertz CT molecular complexity index is 907. The second-order valence-electron chi connectivity index (χ2n) is 9.28. The molecule has 1 saturated heterocycles. The van der Waals surface area contributed by atoms with Gasteiger partial charge >= 0.3 is 0 Å². The Kier molecular flexibility index (Phi) is 5.97. The molecule has 2 unspecified atom stereocenters. The van der Waals surface area contributed by atoms with E-state index in [0.29, 0.717) is 17.5 Å². The zero-order chi connectivity index (χ0) is 21.5. The van der Waals surface area contributed by atoms with E-state index in [1.807, 2.05) is 30.3 Å². The Morgan fingerprint density at radius 3 is 2.42 bits per heavy atom. The summed E-state index contributed by atoms with van der Waals surface area (Å²) in [6.07, 6.45) is 1.87. The first-order valence-corrected chi connectivity index (χ1v) is 11.5. The van der Waals surface area contributed by atoms with Gasteiger partial charge in [-0.05, 0) is 72.4 Å². The molecule has 0 radical (unpaired) electrons. The number of hydrogen-bond acceptors (Lipinski definition) is 5. The van der Waals surface area contributed by atoms with Crippen molar-refractivity contribution in [3.05, 3.63) is 64.2 Å². The molecule has 5 rings (SSSR count). The predicted molar refractivity (Wildman–Crippen MR) is 117 cm³/mol. The van der Waals surface area contributed by atoms with E-state index in [2.05, 4.69) is 12.1 Å². The number of benzene rings is 2.